The fourth-order valence-electron chi connectivity index (χ4n) is 3.58. The van der Waals surface area contributed by atoms with Crippen molar-refractivity contribution in [2.75, 3.05) is 14.2 Å². The van der Waals surface area contributed by atoms with Crippen molar-refractivity contribution < 1.29 is 17.9 Å². The average Bonchev–Trinajstić information content (AvgIpc) is 3.25. The number of rotatable bonds is 6. The van der Waals surface area contributed by atoms with E-state index in [0.717, 1.165) is 5.56 Å². The summed E-state index contributed by atoms with van der Waals surface area (Å²) in [6.07, 6.45) is 0.366. The third-order valence-electron chi connectivity index (χ3n) is 5.14. The molecule has 0 unspecified atom stereocenters. The number of halogens is 1. The summed E-state index contributed by atoms with van der Waals surface area (Å²) in [7, 11) is -0.799. The Balaban J connectivity index is 1.83. The minimum atomic E-state index is -3.89. The Bertz CT molecular complexity index is 1230. The Morgan fingerprint density at radius 1 is 0.935 bits per heavy atom. The summed E-state index contributed by atoms with van der Waals surface area (Å²) in [6.45, 7) is 0. The van der Waals surface area contributed by atoms with Crippen LogP contribution in [0.1, 0.15) is 23.6 Å². The van der Waals surface area contributed by atoms with Crippen molar-refractivity contribution in [3.8, 4) is 11.5 Å². The van der Waals surface area contributed by atoms with E-state index < -0.39 is 16.1 Å². The maximum atomic E-state index is 13.5. The maximum Gasteiger partial charge on any atom is 0.279 e. The topological polar surface area (TPSA) is 68.2 Å². The first-order valence-electron chi connectivity index (χ1n) is 9.59. The molecule has 0 radical (unpaired) electrons. The molecule has 6 nitrogen and oxygen atoms in total. The molecular weight excluding hydrogens is 436 g/mol. The molecule has 0 N–H and O–H groups in total. The summed E-state index contributed by atoms with van der Waals surface area (Å²) < 4.78 is 38.9. The first-order valence-corrected chi connectivity index (χ1v) is 11.4. The molecule has 0 aromatic heterocycles. The van der Waals surface area contributed by atoms with Crippen LogP contribution in [-0.4, -0.2) is 32.8 Å². The van der Waals surface area contributed by atoms with Crippen molar-refractivity contribution in [1.82, 2.24) is 4.41 Å². The molecule has 1 aliphatic heterocycles. The van der Waals surface area contributed by atoms with Gasteiger partial charge in [-0.1, -0.05) is 54.1 Å². The van der Waals surface area contributed by atoms with Gasteiger partial charge in [-0.3, -0.25) is 0 Å². The van der Waals surface area contributed by atoms with Gasteiger partial charge < -0.3 is 9.47 Å². The van der Waals surface area contributed by atoms with Gasteiger partial charge in [0.1, 0.15) is 0 Å². The highest BCUT2D eigenvalue weighted by molar-refractivity contribution is 7.89. The van der Waals surface area contributed by atoms with Crippen LogP contribution in [0.25, 0.3) is 0 Å². The number of sulfonamides is 1. The summed E-state index contributed by atoms with van der Waals surface area (Å²) in [4.78, 5) is 0.171. The van der Waals surface area contributed by atoms with Gasteiger partial charge in [0.25, 0.3) is 10.0 Å². The zero-order valence-electron chi connectivity index (χ0n) is 17.0. The normalized spacial score (nSPS) is 16.2. The van der Waals surface area contributed by atoms with E-state index in [4.69, 9.17) is 21.1 Å². The molecule has 0 fully saturated rings. The highest BCUT2D eigenvalue weighted by atomic mass is 35.5. The Labute approximate surface area is 186 Å². The van der Waals surface area contributed by atoms with Crippen molar-refractivity contribution in [2.24, 2.45) is 5.10 Å². The lowest BCUT2D eigenvalue weighted by Crippen LogP contribution is -2.27. The van der Waals surface area contributed by atoms with Crippen LogP contribution >= 0.6 is 11.6 Å². The predicted octanol–water partition coefficient (Wildman–Crippen LogP) is 4.90. The molecule has 0 saturated heterocycles. The zero-order valence-corrected chi connectivity index (χ0v) is 18.6. The van der Waals surface area contributed by atoms with Crippen LogP contribution in [0.15, 0.2) is 82.8 Å². The third kappa shape index (κ3) is 3.98. The van der Waals surface area contributed by atoms with Gasteiger partial charge in [-0.25, -0.2) is 0 Å². The summed E-state index contributed by atoms with van der Waals surface area (Å²) in [5, 5.41) is 5.05. The summed E-state index contributed by atoms with van der Waals surface area (Å²) in [5.74, 6) is 1.08. The van der Waals surface area contributed by atoms with Crippen molar-refractivity contribution >= 4 is 27.3 Å². The summed E-state index contributed by atoms with van der Waals surface area (Å²) >= 11 is 6.38. The number of hydrogen-bond acceptors (Lipinski definition) is 5. The maximum absolute atomic E-state index is 13.5. The molecule has 1 aliphatic rings. The smallest absolute Gasteiger partial charge is 0.279 e. The lowest BCUT2D eigenvalue weighted by molar-refractivity contribution is 0.348. The van der Waals surface area contributed by atoms with E-state index in [1.807, 2.05) is 24.3 Å². The number of hydrogen-bond donors (Lipinski definition) is 0. The fourth-order valence-corrected chi connectivity index (χ4v) is 5.28. The molecule has 3 aromatic carbocycles. The molecule has 4 rings (SSSR count). The van der Waals surface area contributed by atoms with E-state index in [0.29, 0.717) is 34.2 Å². The van der Waals surface area contributed by atoms with Crippen LogP contribution < -0.4 is 9.47 Å². The van der Waals surface area contributed by atoms with E-state index in [1.54, 1.807) is 62.8 Å². The van der Waals surface area contributed by atoms with Gasteiger partial charge in [-0.2, -0.15) is 17.9 Å². The van der Waals surface area contributed by atoms with Gasteiger partial charge in [0.05, 0.1) is 30.9 Å². The lowest BCUT2D eigenvalue weighted by atomic mass is 9.99. The van der Waals surface area contributed by atoms with Crippen LogP contribution in [0.5, 0.6) is 11.5 Å². The SMILES string of the molecule is COc1ccc([C@H]2CC(c3ccccc3Cl)=NN2S(=O)(=O)c2ccccc2)cc1OC. The average molecular weight is 457 g/mol. The molecule has 0 saturated carbocycles. The minimum Gasteiger partial charge on any atom is -0.493 e. The number of nitrogens with zero attached hydrogens (tertiary/aromatic N) is 2. The van der Waals surface area contributed by atoms with Crippen molar-refractivity contribution in [3.05, 3.63) is 88.9 Å². The van der Waals surface area contributed by atoms with E-state index in [9.17, 15) is 8.42 Å². The van der Waals surface area contributed by atoms with Crippen molar-refractivity contribution in [3.63, 3.8) is 0 Å². The Hall–Kier alpha value is -3.03. The summed E-state index contributed by atoms with van der Waals surface area (Å²) in [5.41, 5.74) is 2.05. The van der Waals surface area contributed by atoms with E-state index in [-0.39, 0.29) is 4.90 Å². The van der Waals surface area contributed by atoms with Gasteiger partial charge in [-0.15, -0.1) is 0 Å². The standard InChI is InChI=1S/C23H21ClN2O4S/c1-29-22-13-12-16(14-23(22)30-2)21-15-20(18-10-6-7-11-19(18)24)25-26(21)31(27,28)17-8-4-3-5-9-17/h3-14,21H,15H2,1-2H3/t21-/m1/s1. The van der Waals surface area contributed by atoms with Gasteiger partial charge in [0.15, 0.2) is 11.5 Å². The molecule has 1 atom stereocenters. The summed E-state index contributed by atoms with van der Waals surface area (Å²) in [6, 6.07) is 20.3. The van der Waals surface area contributed by atoms with Crippen LogP contribution in [0.3, 0.4) is 0 Å². The first kappa shape index (κ1) is 21.2. The van der Waals surface area contributed by atoms with E-state index in [1.165, 1.54) is 4.41 Å². The van der Waals surface area contributed by atoms with Gasteiger partial charge >= 0.3 is 0 Å². The number of methoxy groups -OCH3 is 2. The highest BCUT2D eigenvalue weighted by Crippen LogP contribution is 2.40. The largest absolute Gasteiger partial charge is 0.493 e. The molecule has 8 heteroatoms. The monoisotopic (exact) mass is 456 g/mol. The quantitative estimate of drug-likeness (QED) is 0.529. The molecule has 1 heterocycles. The van der Waals surface area contributed by atoms with E-state index in [2.05, 4.69) is 5.10 Å². The first-order chi connectivity index (χ1) is 15.0. The van der Waals surface area contributed by atoms with Crippen LogP contribution in [0, 0.1) is 0 Å². The lowest BCUT2D eigenvalue weighted by Gasteiger charge is -2.24. The number of hydrazone groups is 1. The molecular formula is C23H21ClN2O4S. The molecule has 0 spiro atoms. The predicted molar refractivity (Wildman–Crippen MR) is 120 cm³/mol. The van der Waals surface area contributed by atoms with Crippen molar-refractivity contribution in [2.45, 2.75) is 17.4 Å². The second-order valence-electron chi connectivity index (χ2n) is 6.95. The van der Waals surface area contributed by atoms with Crippen molar-refractivity contribution in [1.29, 1.82) is 0 Å². The third-order valence-corrected chi connectivity index (χ3v) is 7.16. The van der Waals surface area contributed by atoms with Gasteiger partial charge in [0.2, 0.25) is 0 Å². The van der Waals surface area contributed by atoms with Crippen LogP contribution in [0.4, 0.5) is 0 Å². The van der Waals surface area contributed by atoms with Crippen LogP contribution in [-0.2, 0) is 10.0 Å². The van der Waals surface area contributed by atoms with E-state index >= 15 is 0 Å². The molecule has 3 aromatic rings. The van der Waals surface area contributed by atoms with Gasteiger partial charge in [0, 0.05) is 17.0 Å². The highest BCUT2D eigenvalue weighted by Gasteiger charge is 2.38. The molecule has 31 heavy (non-hydrogen) atoms. The molecule has 160 valence electrons. The molecule has 0 amide bonds. The molecule has 0 aliphatic carbocycles. The minimum absolute atomic E-state index is 0.171. The fraction of sp³-hybridized carbons (Fsp3) is 0.174. The Morgan fingerprint density at radius 3 is 2.29 bits per heavy atom. The number of benzene rings is 3. The second-order valence-corrected chi connectivity index (χ2v) is 9.15. The van der Waals surface area contributed by atoms with Crippen LogP contribution in [0.2, 0.25) is 5.02 Å². The molecule has 0 bridgehead atoms. The van der Waals surface area contributed by atoms with Gasteiger partial charge in [-0.05, 0) is 35.9 Å². The zero-order chi connectivity index (χ0) is 22.0. The number of ether oxygens (including phenoxy) is 2. The Kier molecular flexibility index (Phi) is 5.89. The second kappa shape index (κ2) is 8.61. The Morgan fingerprint density at radius 2 is 1.61 bits per heavy atom.